The van der Waals surface area contributed by atoms with Crippen LogP contribution < -0.4 is 0 Å². The quantitative estimate of drug-likeness (QED) is 0.708. The molecule has 0 spiro atoms. The Labute approximate surface area is 152 Å². The van der Waals surface area contributed by atoms with Crippen molar-refractivity contribution in [2.45, 2.75) is 6.54 Å². The van der Waals surface area contributed by atoms with E-state index in [9.17, 15) is 4.39 Å². The largest absolute Gasteiger partial charge is 0.379 e. The van der Waals surface area contributed by atoms with Crippen molar-refractivity contribution in [3.05, 3.63) is 60.9 Å². The van der Waals surface area contributed by atoms with Crippen molar-refractivity contribution in [2.75, 3.05) is 32.8 Å². The van der Waals surface area contributed by atoms with Crippen LogP contribution in [0.15, 0.2) is 55.1 Å². The fraction of sp³-hybridized carbons (Fsp3) is 0.300. The van der Waals surface area contributed by atoms with E-state index in [1.165, 1.54) is 12.1 Å². The van der Waals surface area contributed by atoms with Crippen molar-refractivity contribution in [1.82, 2.24) is 19.4 Å². The van der Waals surface area contributed by atoms with Crippen LogP contribution in [0.4, 0.5) is 4.39 Å². The number of ether oxygens (including phenoxy) is 1. The molecule has 0 atom stereocenters. The lowest BCUT2D eigenvalue weighted by Gasteiger charge is -2.26. The van der Waals surface area contributed by atoms with Gasteiger partial charge in [-0.3, -0.25) is 9.88 Å². The Balaban J connectivity index is 1.66. The van der Waals surface area contributed by atoms with Crippen molar-refractivity contribution in [3.8, 4) is 22.5 Å². The van der Waals surface area contributed by atoms with Gasteiger partial charge in [-0.05, 0) is 36.4 Å². The number of benzene rings is 1. The second kappa shape index (κ2) is 7.76. The highest BCUT2D eigenvalue weighted by molar-refractivity contribution is 5.78. The van der Waals surface area contributed by atoms with Crippen LogP contribution >= 0.6 is 0 Å². The molecule has 3 heterocycles. The first-order valence-electron chi connectivity index (χ1n) is 8.83. The topological polar surface area (TPSA) is 43.2 Å². The predicted molar refractivity (Wildman–Crippen MR) is 98.1 cm³/mol. The summed E-state index contributed by atoms with van der Waals surface area (Å²) in [7, 11) is 0. The van der Waals surface area contributed by atoms with Gasteiger partial charge in [0.1, 0.15) is 5.82 Å². The van der Waals surface area contributed by atoms with Crippen LogP contribution in [0.25, 0.3) is 22.5 Å². The van der Waals surface area contributed by atoms with Gasteiger partial charge >= 0.3 is 0 Å². The maximum Gasteiger partial charge on any atom is 0.123 e. The molecule has 1 fully saturated rings. The molecule has 4 rings (SSSR count). The molecule has 0 bridgehead atoms. The van der Waals surface area contributed by atoms with Crippen LogP contribution in [0.3, 0.4) is 0 Å². The molecule has 3 aromatic rings. The molecule has 0 radical (unpaired) electrons. The van der Waals surface area contributed by atoms with E-state index in [1.54, 1.807) is 24.5 Å². The molecule has 6 heteroatoms. The van der Waals surface area contributed by atoms with E-state index >= 15 is 0 Å². The summed E-state index contributed by atoms with van der Waals surface area (Å²) in [5, 5.41) is 0. The van der Waals surface area contributed by atoms with Crippen LogP contribution in [0.2, 0.25) is 0 Å². The number of hydrogen-bond acceptors (Lipinski definition) is 4. The van der Waals surface area contributed by atoms with Crippen molar-refractivity contribution >= 4 is 0 Å². The number of aromatic nitrogens is 3. The van der Waals surface area contributed by atoms with Crippen LogP contribution in [-0.4, -0.2) is 52.3 Å². The van der Waals surface area contributed by atoms with Crippen molar-refractivity contribution < 1.29 is 9.13 Å². The van der Waals surface area contributed by atoms with E-state index in [0.717, 1.165) is 61.9 Å². The van der Waals surface area contributed by atoms with Gasteiger partial charge in [0.15, 0.2) is 0 Å². The average molecular weight is 352 g/mol. The van der Waals surface area contributed by atoms with Gasteiger partial charge in [-0.1, -0.05) is 0 Å². The molecule has 1 aliphatic heterocycles. The Bertz CT molecular complexity index is 842. The standard InChI is InChI=1S/C20H21FN4O/c21-18-3-1-16(2-4-18)19-20(17-5-7-22-8-6-17)25(15-23-19)10-9-24-11-13-26-14-12-24/h1-8,15H,9-14H2. The normalized spacial score (nSPS) is 15.3. The third-order valence-corrected chi connectivity index (χ3v) is 4.67. The minimum absolute atomic E-state index is 0.244. The van der Waals surface area contributed by atoms with Gasteiger partial charge in [0.05, 0.1) is 30.9 Å². The Hall–Kier alpha value is -2.57. The Morgan fingerprint density at radius 1 is 0.923 bits per heavy atom. The van der Waals surface area contributed by atoms with Gasteiger partial charge in [-0.15, -0.1) is 0 Å². The lowest BCUT2D eigenvalue weighted by molar-refractivity contribution is 0.0364. The Morgan fingerprint density at radius 2 is 1.65 bits per heavy atom. The fourth-order valence-electron chi connectivity index (χ4n) is 3.26. The summed E-state index contributed by atoms with van der Waals surface area (Å²) in [5.74, 6) is -0.244. The zero-order valence-electron chi connectivity index (χ0n) is 14.5. The third kappa shape index (κ3) is 3.66. The first-order chi connectivity index (χ1) is 12.8. The summed E-state index contributed by atoms with van der Waals surface area (Å²) in [6.07, 6.45) is 5.43. The van der Waals surface area contributed by atoms with Gasteiger partial charge < -0.3 is 9.30 Å². The SMILES string of the molecule is Fc1ccc(-c2ncn(CCN3CCOCC3)c2-c2ccncc2)cc1. The molecule has 2 aromatic heterocycles. The van der Waals surface area contributed by atoms with Crippen molar-refractivity contribution in [3.63, 3.8) is 0 Å². The molecule has 0 amide bonds. The maximum absolute atomic E-state index is 13.3. The van der Waals surface area contributed by atoms with E-state index in [1.807, 2.05) is 18.5 Å². The van der Waals surface area contributed by atoms with Crippen LogP contribution in [0.1, 0.15) is 0 Å². The first-order valence-corrected chi connectivity index (χ1v) is 8.83. The number of morpholine rings is 1. The van der Waals surface area contributed by atoms with Crippen LogP contribution in [0, 0.1) is 5.82 Å². The van der Waals surface area contributed by atoms with E-state index in [-0.39, 0.29) is 5.82 Å². The van der Waals surface area contributed by atoms with Gasteiger partial charge in [0, 0.05) is 49.7 Å². The summed E-state index contributed by atoms with van der Waals surface area (Å²) >= 11 is 0. The molecular weight excluding hydrogens is 331 g/mol. The molecule has 1 aromatic carbocycles. The van der Waals surface area contributed by atoms with Crippen molar-refractivity contribution in [2.24, 2.45) is 0 Å². The molecule has 1 aliphatic rings. The van der Waals surface area contributed by atoms with E-state index in [0.29, 0.717) is 0 Å². The molecule has 0 aliphatic carbocycles. The lowest BCUT2D eigenvalue weighted by atomic mass is 10.1. The van der Waals surface area contributed by atoms with E-state index in [2.05, 4.69) is 19.4 Å². The highest BCUT2D eigenvalue weighted by Crippen LogP contribution is 2.31. The molecule has 26 heavy (non-hydrogen) atoms. The fourth-order valence-corrected chi connectivity index (χ4v) is 3.26. The molecule has 5 nitrogen and oxygen atoms in total. The Morgan fingerprint density at radius 3 is 2.38 bits per heavy atom. The minimum Gasteiger partial charge on any atom is -0.379 e. The summed E-state index contributed by atoms with van der Waals surface area (Å²) in [6, 6.07) is 10.4. The monoisotopic (exact) mass is 352 g/mol. The molecule has 0 saturated carbocycles. The highest BCUT2D eigenvalue weighted by atomic mass is 19.1. The third-order valence-electron chi connectivity index (χ3n) is 4.67. The second-order valence-corrected chi connectivity index (χ2v) is 6.33. The summed E-state index contributed by atoms with van der Waals surface area (Å²) in [4.78, 5) is 11.2. The Kier molecular flexibility index (Phi) is 5.04. The predicted octanol–water partition coefficient (Wildman–Crippen LogP) is 3.08. The van der Waals surface area contributed by atoms with E-state index < -0.39 is 0 Å². The number of rotatable bonds is 5. The number of nitrogens with zero attached hydrogens (tertiary/aromatic N) is 4. The number of pyridine rings is 1. The van der Waals surface area contributed by atoms with Crippen molar-refractivity contribution in [1.29, 1.82) is 0 Å². The van der Waals surface area contributed by atoms with Crippen LogP contribution in [-0.2, 0) is 11.3 Å². The zero-order valence-corrected chi connectivity index (χ0v) is 14.5. The maximum atomic E-state index is 13.3. The van der Waals surface area contributed by atoms with Gasteiger partial charge in [0.25, 0.3) is 0 Å². The zero-order chi connectivity index (χ0) is 17.8. The van der Waals surface area contributed by atoms with Gasteiger partial charge in [-0.25, -0.2) is 9.37 Å². The second-order valence-electron chi connectivity index (χ2n) is 6.33. The molecule has 0 unspecified atom stereocenters. The molecule has 1 saturated heterocycles. The molecule has 0 N–H and O–H groups in total. The number of imidazole rings is 1. The molecular formula is C20H21FN4O. The average Bonchev–Trinajstić information content (AvgIpc) is 3.12. The smallest absolute Gasteiger partial charge is 0.123 e. The molecule has 134 valence electrons. The number of hydrogen-bond donors (Lipinski definition) is 0. The summed E-state index contributed by atoms with van der Waals surface area (Å²) in [5.41, 5.74) is 3.85. The van der Waals surface area contributed by atoms with Gasteiger partial charge in [-0.2, -0.15) is 0 Å². The highest BCUT2D eigenvalue weighted by Gasteiger charge is 2.16. The minimum atomic E-state index is -0.244. The first kappa shape index (κ1) is 16.9. The van der Waals surface area contributed by atoms with Gasteiger partial charge in [0.2, 0.25) is 0 Å². The summed E-state index contributed by atoms with van der Waals surface area (Å²) in [6.45, 7) is 5.30. The summed E-state index contributed by atoms with van der Waals surface area (Å²) < 4.78 is 20.9. The van der Waals surface area contributed by atoms with Crippen LogP contribution in [0.5, 0.6) is 0 Å². The van der Waals surface area contributed by atoms with E-state index in [4.69, 9.17) is 4.74 Å². The lowest BCUT2D eigenvalue weighted by Crippen LogP contribution is -2.38. The number of halogens is 1.